The molecule has 33 heavy (non-hydrogen) atoms. The highest BCUT2D eigenvalue weighted by molar-refractivity contribution is 8.02. The van der Waals surface area contributed by atoms with Gasteiger partial charge in [-0.15, -0.1) is 15.6 Å². The van der Waals surface area contributed by atoms with Crippen molar-refractivity contribution in [3.63, 3.8) is 0 Å². The van der Waals surface area contributed by atoms with E-state index in [2.05, 4.69) is 5.32 Å². The van der Waals surface area contributed by atoms with Gasteiger partial charge in [-0.2, -0.15) is 26.0 Å². The molecule has 0 saturated carbocycles. The fourth-order valence-corrected chi connectivity index (χ4v) is 5.67. The summed E-state index contributed by atoms with van der Waals surface area (Å²) < 4.78 is 107. The first-order valence-electron chi connectivity index (χ1n) is 9.30. The molecule has 0 unspecified atom stereocenters. The SMILES string of the molecule is COc1c([C@@H]2C[C@](C)(C(F)(F)F)S[C@H]2C(=O)Nc2cccc(S(=O)(=O)F)c2)ccc(F)c1F. The maximum atomic E-state index is 14.3. The Bertz CT molecular complexity index is 1190. The first kappa shape index (κ1) is 25.2. The van der Waals surface area contributed by atoms with Crippen LogP contribution in [0.3, 0.4) is 0 Å². The number of thioether (sulfide) groups is 1. The predicted molar refractivity (Wildman–Crippen MR) is 109 cm³/mol. The zero-order valence-electron chi connectivity index (χ0n) is 17.0. The van der Waals surface area contributed by atoms with Crippen molar-refractivity contribution in [2.45, 2.75) is 40.3 Å². The van der Waals surface area contributed by atoms with Gasteiger partial charge in [0.1, 0.15) is 9.64 Å². The minimum absolute atomic E-state index is 0.128. The fourth-order valence-electron chi connectivity index (χ4n) is 3.61. The molecule has 2 aromatic rings. The maximum absolute atomic E-state index is 14.3. The van der Waals surface area contributed by atoms with Crippen molar-refractivity contribution in [2.75, 3.05) is 12.4 Å². The van der Waals surface area contributed by atoms with E-state index in [0.717, 1.165) is 44.4 Å². The maximum Gasteiger partial charge on any atom is 0.403 e. The van der Waals surface area contributed by atoms with Gasteiger partial charge in [-0.25, -0.2) is 4.39 Å². The second kappa shape index (κ2) is 8.75. The first-order chi connectivity index (χ1) is 15.2. The van der Waals surface area contributed by atoms with Crippen LogP contribution < -0.4 is 10.1 Å². The zero-order valence-corrected chi connectivity index (χ0v) is 18.7. The van der Waals surface area contributed by atoms with E-state index >= 15 is 0 Å². The molecule has 13 heteroatoms. The van der Waals surface area contributed by atoms with E-state index in [4.69, 9.17) is 4.74 Å². The van der Waals surface area contributed by atoms with Crippen LogP contribution in [0.2, 0.25) is 0 Å². The van der Waals surface area contributed by atoms with Crippen molar-refractivity contribution in [3.05, 3.63) is 53.6 Å². The number of methoxy groups -OCH3 is 1. The number of benzene rings is 2. The summed E-state index contributed by atoms with van der Waals surface area (Å²) in [5.74, 6) is -5.49. The van der Waals surface area contributed by atoms with Crippen LogP contribution in [0, 0.1) is 11.6 Å². The van der Waals surface area contributed by atoms with E-state index < -0.39 is 66.9 Å². The number of anilines is 1. The summed E-state index contributed by atoms with van der Waals surface area (Å²) >= 11 is 0.288. The Hall–Kier alpha value is -2.41. The quantitative estimate of drug-likeness (QED) is 0.441. The highest BCUT2D eigenvalue weighted by Crippen LogP contribution is 2.59. The summed E-state index contributed by atoms with van der Waals surface area (Å²) in [5, 5.41) is 0.838. The van der Waals surface area contributed by atoms with Crippen LogP contribution in [0.25, 0.3) is 0 Å². The Kier molecular flexibility index (Phi) is 6.68. The molecule has 0 bridgehead atoms. The van der Waals surface area contributed by atoms with Crippen LogP contribution in [0.4, 0.5) is 31.5 Å². The molecule has 5 nitrogen and oxygen atoms in total. The summed E-state index contributed by atoms with van der Waals surface area (Å²) in [7, 11) is -4.07. The predicted octanol–water partition coefficient (Wildman–Crippen LogP) is 5.18. The largest absolute Gasteiger partial charge is 0.493 e. The van der Waals surface area contributed by atoms with Crippen LogP contribution in [0.1, 0.15) is 24.8 Å². The zero-order chi connectivity index (χ0) is 24.8. The molecule has 0 aliphatic carbocycles. The molecule has 1 aliphatic heterocycles. The molecular weight excluding hydrogens is 496 g/mol. The lowest BCUT2D eigenvalue weighted by molar-refractivity contribution is -0.155. The summed E-state index contributed by atoms with van der Waals surface area (Å²) in [6.45, 7) is 0.889. The fraction of sp³-hybridized carbons (Fsp3) is 0.350. The monoisotopic (exact) mass is 513 g/mol. The van der Waals surface area contributed by atoms with Gasteiger partial charge in [0.15, 0.2) is 11.6 Å². The third-order valence-electron chi connectivity index (χ3n) is 5.29. The number of carbonyl (C=O) groups excluding carboxylic acids is 1. The van der Waals surface area contributed by atoms with Crippen LogP contribution in [0.15, 0.2) is 41.3 Å². The van der Waals surface area contributed by atoms with E-state index in [9.17, 15) is 39.1 Å². The Morgan fingerprint density at radius 1 is 1.21 bits per heavy atom. The minimum Gasteiger partial charge on any atom is -0.493 e. The van der Waals surface area contributed by atoms with E-state index in [0.29, 0.717) is 0 Å². The summed E-state index contributed by atoms with van der Waals surface area (Å²) in [5.41, 5.74) is -0.298. The van der Waals surface area contributed by atoms with E-state index in [1.165, 1.54) is 6.07 Å². The van der Waals surface area contributed by atoms with Gasteiger partial charge in [-0.1, -0.05) is 12.1 Å². The van der Waals surface area contributed by atoms with Gasteiger partial charge in [0.2, 0.25) is 11.7 Å². The topological polar surface area (TPSA) is 72.5 Å². The Morgan fingerprint density at radius 2 is 1.88 bits per heavy atom. The Morgan fingerprint density at radius 3 is 2.45 bits per heavy atom. The minimum atomic E-state index is -5.09. The lowest BCUT2D eigenvalue weighted by Gasteiger charge is -2.26. The van der Waals surface area contributed by atoms with Crippen molar-refractivity contribution < 1.29 is 43.8 Å². The van der Waals surface area contributed by atoms with Crippen LogP contribution >= 0.6 is 11.8 Å². The number of nitrogens with one attached hydrogen (secondary N) is 1. The molecule has 0 spiro atoms. The van der Waals surface area contributed by atoms with Gasteiger partial charge in [-0.3, -0.25) is 4.79 Å². The molecule has 2 aromatic carbocycles. The van der Waals surface area contributed by atoms with Crippen molar-refractivity contribution in [1.82, 2.24) is 0 Å². The van der Waals surface area contributed by atoms with Gasteiger partial charge in [-0.05, 0) is 37.6 Å². The average molecular weight is 513 g/mol. The second-order valence-corrected chi connectivity index (χ2v) is 10.5. The van der Waals surface area contributed by atoms with Gasteiger partial charge < -0.3 is 10.1 Å². The van der Waals surface area contributed by atoms with Crippen LogP contribution in [-0.4, -0.2) is 37.6 Å². The number of alkyl halides is 3. The van der Waals surface area contributed by atoms with Gasteiger partial charge in [0.05, 0.1) is 12.4 Å². The molecule has 1 amide bonds. The second-order valence-electron chi connectivity index (χ2n) is 7.52. The molecule has 1 N–H and O–H groups in total. The van der Waals surface area contributed by atoms with Crippen molar-refractivity contribution in [3.8, 4) is 5.75 Å². The average Bonchev–Trinajstić information content (AvgIpc) is 3.08. The van der Waals surface area contributed by atoms with Crippen LogP contribution in [0.5, 0.6) is 5.75 Å². The molecule has 0 aromatic heterocycles. The number of amides is 1. The third-order valence-corrected chi connectivity index (χ3v) is 7.82. The standard InChI is InChI=1S/C20H17F6NO4S2/c1-19(20(23,24)25)9-13(12-6-7-14(21)15(22)16(12)31-2)17(32-19)18(28)27-10-4-3-5-11(8-10)33(26,29)30/h3-8,13,17H,9H2,1-2H3,(H,27,28)/t13-,17+,19+/m0/s1. The molecule has 1 fully saturated rings. The number of ether oxygens (including phenoxy) is 1. The molecule has 1 saturated heterocycles. The number of carbonyl (C=O) groups is 1. The Labute approximate surface area is 189 Å². The van der Waals surface area contributed by atoms with Crippen molar-refractivity contribution in [1.29, 1.82) is 0 Å². The van der Waals surface area contributed by atoms with Crippen molar-refractivity contribution in [2.24, 2.45) is 0 Å². The van der Waals surface area contributed by atoms with Crippen molar-refractivity contribution >= 4 is 33.6 Å². The molecule has 3 atom stereocenters. The number of hydrogen-bond acceptors (Lipinski definition) is 5. The van der Waals surface area contributed by atoms with Crippen LogP contribution in [-0.2, 0) is 15.0 Å². The third kappa shape index (κ3) is 4.93. The highest BCUT2D eigenvalue weighted by Gasteiger charge is 2.60. The van der Waals surface area contributed by atoms with E-state index in [1.807, 2.05) is 0 Å². The van der Waals surface area contributed by atoms with Gasteiger partial charge in [0, 0.05) is 17.2 Å². The molecule has 180 valence electrons. The Balaban J connectivity index is 2.02. The van der Waals surface area contributed by atoms with Gasteiger partial charge >= 0.3 is 16.4 Å². The normalized spacial score (nSPS) is 23.4. The molecule has 0 radical (unpaired) electrons. The lowest BCUT2D eigenvalue weighted by atomic mass is 9.85. The summed E-state index contributed by atoms with van der Waals surface area (Å²) in [6.07, 6.45) is -5.38. The summed E-state index contributed by atoms with van der Waals surface area (Å²) in [4.78, 5) is 12.2. The molecular formula is C20H17F6NO4S2. The number of halogens is 6. The van der Waals surface area contributed by atoms with Gasteiger partial charge in [0.25, 0.3) is 0 Å². The first-order valence-corrected chi connectivity index (χ1v) is 11.6. The summed E-state index contributed by atoms with van der Waals surface area (Å²) in [6, 6.07) is 5.89. The molecule has 1 heterocycles. The smallest absolute Gasteiger partial charge is 0.403 e. The van der Waals surface area contributed by atoms with E-state index in [-0.39, 0.29) is 23.0 Å². The van der Waals surface area contributed by atoms with E-state index in [1.54, 1.807) is 0 Å². The lowest BCUT2D eigenvalue weighted by Crippen LogP contribution is -2.37. The number of rotatable bonds is 5. The highest BCUT2D eigenvalue weighted by atomic mass is 32.3. The number of hydrogen-bond donors (Lipinski definition) is 1. The molecule has 1 aliphatic rings. The molecule has 3 rings (SSSR count).